The third-order valence-electron chi connectivity index (χ3n) is 3.79. The van der Waals surface area contributed by atoms with E-state index in [1.807, 2.05) is 0 Å². The van der Waals surface area contributed by atoms with Crippen LogP contribution in [0.25, 0.3) is 0 Å². The van der Waals surface area contributed by atoms with Crippen LogP contribution in [0.1, 0.15) is 66.6 Å². The van der Waals surface area contributed by atoms with Gasteiger partial charge in [-0.25, -0.2) is 0 Å². The van der Waals surface area contributed by atoms with Crippen LogP contribution in [0.5, 0.6) is 0 Å². The second-order valence-electron chi connectivity index (χ2n) is 7.19. The summed E-state index contributed by atoms with van der Waals surface area (Å²) in [6.07, 6.45) is 6.97. The summed E-state index contributed by atoms with van der Waals surface area (Å²) in [6.45, 7) is 7.04. The lowest BCUT2D eigenvalue weighted by Gasteiger charge is -2.21. The number of halogens is 1. The molecule has 1 amide bonds. The molecule has 1 aromatic rings. The number of hydrogen-bond donors (Lipinski definition) is 1. The van der Waals surface area contributed by atoms with Crippen molar-refractivity contribution in [1.82, 2.24) is 5.32 Å². The maximum absolute atomic E-state index is 12.3. The first-order chi connectivity index (χ1) is 9.85. The van der Waals surface area contributed by atoms with E-state index in [2.05, 4.69) is 32.2 Å². The summed E-state index contributed by atoms with van der Waals surface area (Å²) in [4.78, 5) is 14.5. The molecule has 1 heterocycles. The van der Waals surface area contributed by atoms with Crippen LogP contribution in [0, 0.1) is 5.41 Å². The molecular weight excluding hydrogens is 302 g/mol. The number of carbonyl (C=O) groups is 1. The molecule has 21 heavy (non-hydrogen) atoms. The zero-order chi connectivity index (χ0) is 15.5. The van der Waals surface area contributed by atoms with Crippen molar-refractivity contribution in [1.29, 1.82) is 0 Å². The van der Waals surface area contributed by atoms with Crippen molar-refractivity contribution in [2.24, 2.45) is 5.41 Å². The number of rotatable bonds is 4. The predicted octanol–water partition coefficient (Wildman–Crippen LogP) is 4.79. The van der Waals surface area contributed by atoms with Gasteiger partial charge in [0.25, 0.3) is 5.91 Å². The Morgan fingerprint density at radius 3 is 2.76 bits per heavy atom. The van der Waals surface area contributed by atoms with Crippen molar-refractivity contribution in [3.05, 3.63) is 21.4 Å². The lowest BCUT2D eigenvalue weighted by Crippen LogP contribution is -2.31. The van der Waals surface area contributed by atoms with Crippen molar-refractivity contribution in [3.8, 4) is 0 Å². The van der Waals surface area contributed by atoms with Gasteiger partial charge in [0.1, 0.15) is 0 Å². The van der Waals surface area contributed by atoms with Gasteiger partial charge in [0, 0.05) is 11.4 Å². The molecule has 1 atom stereocenters. The van der Waals surface area contributed by atoms with E-state index >= 15 is 0 Å². The number of aryl methyl sites for hydroxylation is 2. The largest absolute Gasteiger partial charge is 0.350 e. The molecule has 1 aliphatic rings. The molecule has 1 unspecified atom stereocenters. The van der Waals surface area contributed by atoms with Gasteiger partial charge in [-0.2, -0.15) is 0 Å². The van der Waals surface area contributed by atoms with Crippen LogP contribution in [0.2, 0.25) is 0 Å². The molecule has 2 rings (SSSR count). The second kappa shape index (κ2) is 7.15. The molecule has 0 saturated heterocycles. The van der Waals surface area contributed by atoms with E-state index in [1.165, 1.54) is 29.7 Å². The fraction of sp³-hybridized carbons (Fsp3) is 0.706. The van der Waals surface area contributed by atoms with E-state index < -0.39 is 0 Å². The minimum absolute atomic E-state index is 0.00765. The van der Waals surface area contributed by atoms with Crippen LogP contribution in [-0.2, 0) is 12.8 Å². The van der Waals surface area contributed by atoms with Crippen LogP contribution < -0.4 is 5.32 Å². The van der Waals surface area contributed by atoms with Crippen LogP contribution >= 0.6 is 22.9 Å². The zero-order valence-electron chi connectivity index (χ0n) is 13.3. The van der Waals surface area contributed by atoms with E-state index in [0.29, 0.717) is 6.54 Å². The number of carbonyl (C=O) groups excluding carboxylic acids is 1. The molecule has 0 radical (unpaired) electrons. The maximum atomic E-state index is 12.3. The highest BCUT2D eigenvalue weighted by Gasteiger charge is 2.19. The molecule has 0 fully saturated rings. The molecule has 1 aromatic heterocycles. The normalized spacial score (nSPS) is 17.0. The summed E-state index contributed by atoms with van der Waals surface area (Å²) < 4.78 is 0. The summed E-state index contributed by atoms with van der Waals surface area (Å²) in [5.74, 6) is 0.0348. The van der Waals surface area contributed by atoms with Crippen LogP contribution in [0.4, 0.5) is 0 Å². The number of fused-ring (bicyclic) bond motifs is 1. The monoisotopic (exact) mass is 327 g/mol. The van der Waals surface area contributed by atoms with Gasteiger partial charge in [0.15, 0.2) is 0 Å². The van der Waals surface area contributed by atoms with Crippen LogP contribution in [0.3, 0.4) is 0 Å². The Labute approximate surface area is 137 Å². The number of hydrogen-bond acceptors (Lipinski definition) is 2. The number of alkyl halides is 1. The Hall–Kier alpha value is -0.540. The lowest BCUT2D eigenvalue weighted by atomic mass is 9.90. The van der Waals surface area contributed by atoms with Gasteiger partial charge in [-0.3, -0.25) is 4.79 Å². The van der Waals surface area contributed by atoms with Gasteiger partial charge in [-0.05, 0) is 49.1 Å². The molecule has 2 nitrogen and oxygen atoms in total. The summed E-state index contributed by atoms with van der Waals surface area (Å²) in [6, 6.07) is 2.09. The third kappa shape index (κ3) is 5.30. The molecule has 4 heteroatoms. The van der Waals surface area contributed by atoms with Gasteiger partial charge in [0.05, 0.1) is 10.3 Å². The average molecular weight is 328 g/mol. The second-order valence-corrected chi connectivity index (χ2v) is 8.95. The first-order valence-corrected chi connectivity index (χ1v) is 9.14. The molecule has 0 aliphatic heterocycles. The minimum Gasteiger partial charge on any atom is -0.350 e. The van der Waals surface area contributed by atoms with E-state index in [-0.39, 0.29) is 16.7 Å². The Morgan fingerprint density at radius 1 is 1.33 bits per heavy atom. The van der Waals surface area contributed by atoms with Crippen molar-refractivity contribution < 1.29 is 4.79 Å². The molecule has 0 spiro atoms. The highest BCUT2D eigenvalue weighted by Crippen LogP contribution is 2.29. The van der Waals surface area contributed by atoms with Gasteiger partial charge in [0.2, 0.25) is 0 Å². The molecule has 1 aliphatic carbocycles. The quantitative estimate of drug-likeness (QED) is 0.625. The summed E-state index contributed by atoms with van der Waals surface area (Å²) in [7, 11) is 0. The smallest absolute Gasteiger partial charge is 0.261 e. The summed E-state index contributed by atoms with van der Waals surface area (Å²) >= 11 is 7.97. The van der Waals surface area contributed by atoms with E-state index in [1.54, 1.807) is 11.3 Å². The summed E-state index contributed by atoms with van der Waals surface area (Å²) in [5.41, 5.74) is 1.58. The SMILES string of the molecule is CC(C)(C)CC(Cl)CNC(=O)c1cc2c(s1)CCCCC2. The fourth-order valence-corrected chi connectivity index (χ4v) is 4.52. The van der Waals surface area contributed by atoms with Gasteiger partial charge in [-0.1, -0.05) is 27.2 Å². The molecule has 0 bridgehead atoms. The Bertz CT molecular complexity index is 466. The summed E-state index contributed by atoms with van der Waals surface area (Å²) in [5, 5.41) is 2.98. The van der Waals surface area contributed by atoms with Crippen molar-refractivity contribution in [2.45, 2.75) is 64.7 Å². The number of nitrogens with one attached hydrogen (secondary N) is 1. The fourth-order valence-electron chi connectivity index (χ4n) is 2.81. The van der Waals surface area contributed by atoms with Crippen molar-refractivity contribution in [3.63, 3.8) is 0 Å². The van der Waals surface area contributed by atoms with E-state index in [4.69, 9.17) is 11.6 Å². The van der Waals surface area contributed by atoms with Crippen LogP contribution in [-0.4, -0.2) is 17.8 Å². The molecule has 0 saturated carbocycles. The topological polar surface area (TPSA) is 29.1 Å². The maximum Gasteiger partial charge on any atom is 0.261 e. The molecule has 0 aromatic carbocycles. The lowest BCUT2D eigenvalue weighted by molar-refractivity contribution is 0.0956. The van der Waals surface area contributed by atoms with Gasteiger partial charge < -0.3 is 5.32 Å². The third-order valence-corrected chi connectivity index (χ3v) is 5.33. The van der Waals surface area contributed by atoms with E-state index in [0.717, 1.165) is 24.1 Å². The Morgan fingerprint density at radius 2 is 2.05 bits per heavy atom. The van der Waals surface area contributed by atoms with Crippen molar-refractivity contribution >= 4 is 28.8 Å². The molecule has 118 valence electrons. The standard InChI is InChI=1S/C17H26ClNOS/c1-17(2,3)10-13(18)11-19-16(20)15-9-12-7-5-4-6-8-14(12)21-15/h9,13H,4-8,10-11H2,1-3H3,(H,19,20). The van der Waals surface area contributed by atoms with Gasteiger partial charge in [-0.15, -0.1) is 22.9 Å². The Balaban J connectivity index is 1.89. The highest BCUT2D eigenvalue weighted by molar-refractivity contribution is 7.14. The highest BCUT2D eigenvalue weighted by atomic mass is 35.5. The number of thiophene rings is 1. The first kappa shape index (κ1) is 16.8. The minimum atomic E-state index is -0.00765. The molecular formula is C17H26ClNOS. The van der Waals surface area contributed by atoms with E-state index in [9.17, 15) is 4.79 Å². The number of amides is 1. The average Bonchev–Trinajstić information content (AvgIpc) is 2.65. The Kier molecular flexibility index (Phi) is 5.73. The van der Waals surface area contributed by atoms with Gasteiger partial charge >= 0.3 is 0 Å². The molecule has 1 N–H and O–H groups in total. The van der Waals surface area contributed by atoms with Crippen molar-refractivity contribution in [2.75, 3.05) is 6.54 Å². The van der Waals surface area contributed by atoms with Crippen LogP contribution in [0.15, 0.2) is 6.07 Å². The first-order valence-electron chi connectivity index (χ1n) is 7.89. The zero-order valence-corrected chi connectivity index (χ0v) is 14.9. The predicted molar refractivity (Wildman–Crippen MR) is 91.6 cm³/mol.